The number of ether oxygens (including phenoxy) is 1. The third-order valence-electron chi connectivity index (χ3n) is 7.11. The van der Waals surface area contributed by atoms with E-state index in [1.54, 1.807) is 6.92 Å². The van der Waals surface area contributed by atoms with Gasteiger partial charge in [0.15, 0.2) is 0 Å². The summed E-state index contributed by atoms with van der Waals surface area (Å²) in [5.41, 5.74) is 1.62. The van der Waals surface area contributed by atoms with Gasteiger partial charge in [-0.05, 0) is 32.2 Å². The third-order valence-corrected chi connectivity index (χ3v) is 7.11. The van der Waals surface area contributed by atoms with Gasteiger partial charge in [-0.2, -0.15) is 0 Å². The van der Waals surface area contributed by atoms with Crippen LogP contribution < -0.4 is 10.6 Å². The molecule has 8 nitrogen and oxygen atoms in total. The largest absolute Gasteiger partial charge is 0.441 e. The fraction of sp³-hybridized carbons (Fsp3) is 0.522. The van der Waals surface area contributed by atoms with E-state index < -0.39 is 5.60 Å². The number of aromatic nitrogens is 1. The van der Waals surface area contributed by atoms with Gasteiger partial charge in [0.2, 0.25) is 0 Å². The van der Waals surface area contributed by atoms with E-state index >= 15 is 0 Å². The normalized spacial score (nSPS) is 26.7. The van der Waals surface area contributed by atoms with Crippen molar-refractivity contribution in [1.82, 2.24) is 20.7 Å². The highest BCUT2D eigenvalue weighted by atomic mass is 16.6. The van der Waals surface area contributed by atoms with Gasteiger partial charge in [-0.15, -0.1) is 0 Å². The summed E-state index contributed by atoms with van der Waals surface area (Å²) in [4.78, 5) is 27.1. The molecule has 3 saturated heterocycles. The van der Waals surface area contributed by atoms with Crippen molar-refractivity contribution in [3.63, 3.8) is 0 Å². The Kier molecular flexibility index (Phi) is 5.17. The standard InChI is InChI=1S/C23H28N4O4/c1-15-19(20(26-31-15)17-5-3-2-4-6-17)21(28)27-11-7-16(8-12-27)18-13-24-10-9-23(18)14-25-22(29)30-23/h2-6,16,18,24H,7-14H2,1H3,(H,25,29). The number of nitrogens with one attached hydrogen (secondary N) is 2. The Balaban J connectivity index is 1.30. The lowest BCUT2D eigenvalue weighted by Gasteiger charge is -2.45. The van der Waals surface area contributed by atoms with Crippen LogP contribution in [0.4, 0.5) is 4.79 Å². The lowest BCUT2D eigenvalue weighted by molar-refractivity contribution is -0.0478. The average Bonchev–Trinajstić information content (AvgIpc) is 3.37. The smallest absolute Gasteiger partial charge is 0.407 e. The van der Waals surface area contributed by atoms with Crippen LogP contribution in [-0.2, 0) is 4.74 Å². The second kappa shape index (κ2) is 8.00. The molecule has 164 valence electrons. The van der Waals surface area contributed by atoms with Crippen LogP contribution in [0.1, 0.15) is 35.4 Å². The molecular formula is C23H28N4O4. The van der Waals surface area contributed by atoms with Gasteiger partial charge >= 0.3 is 6.09 Å². The fourth-order valence-corrected chi connectivity index (χ4v) is 5.43. The first-order valence-electron chi connectivity index (χ1n) is 11.1. The molecule has 2 amide bonds. The number of carbonyl (C=O) groups excluding carboxylic acids is 2. The maximum atomic E-state index is 13.4. The summed E-state index contributed by atoms with van der Waals surface area (Å²) >= 11 is 0. The molecule has 3 fully saturated rings. The van der Waals surface area contributed by atoms with Gasteiger partial charge in [0, 0.05) is 37.5 Å². The van der Waals surface area contributed by atoms with Gasteiger partial charge in [0.25, 0.3) is 5.91 Å². The number of nitrogens with zero attached hydrogens (tertiary/aromatic N) is 2. The molecule has 2 unspecified atom stereocenters. The maximum absolute atomic E-state index is 13.4. The van der Waals surface area contributed by atoms with Gasteiger partial charge in [-0.1, -0.05) is 35.5 Å². The minimum absolute atomic E-state index is 0.0264. The zero-order valence-corrected chi connectivity index (χ0v) is 17.7. The van der Waals surface area contributed by atoms with Crippen LogP contribution in [-0.4, -0.2) is 60.4 Å². The van der Waals surface area contributed by atoms with Gasteiger partial charge < -0.3 is 24.8 Å². The molecule has 2 aromatic rings. The van der Waals surface area contributed by atoms with Crippen molar-refractivity contribution in [3.8, 4) is 11.3 Å². The van der Waals surface area contributed by atoms with E-state index in [2.05, 4.69) is 15.8 Å². The number of hydrogen-bond donors (Lipinski definition) is 2. The molecule has 2 N–H and O–H groups in total. The van der Waals surface area contributed by atoms with Crippen molar-refractivity contribution in [2.75, 3.05) is 32.7 Å². The molecule has 0 saturated carbocycles. The minimum atomic E-state index is -0.412. The highest BCUT2D eigenvalue weighted by Gasteiger charge is 2.51. The number of rotatable bonds is 3. The Bertz CT molecular complexity index is 967. The Morgan fingerprint density at radius 2 is 2.00 bits per heavy atom. The summed E-state index contributed by atoms with van der Waals surface area (Å²) < 4.78 is 11.2. The summed E-state index contributed by atoms with van der Waals surface area (Å²) in [5.74, 6) is 1.18. The van der Waals surface area contributed by atoms with E-state index in [0.717, 1.165) is 37.9 Å². The van der Waals surface area contributed by atoms with Crippen molar-refractivity contribution in [2.45, 2.75) is 31.8 Å². The molecule has 1 aromatic carbocycles. The Labute approximate surface area is 181 Å². The maximum Gasteiger partial charge on any atom is 0.407 e. The van der Waals surface area contributed by atoms with Gasteiger partial charge in [-0.25, -0.2) is 4.79 Å². The number of alkyl carbamates (subject to hydrolysis) is 1. The van der Waals surface area contributed by atoms with Crippen LogP contribution in [0.25, 0.3) is 11.3 Å². The van der Waals surface area contributed by atoms with E-state index in [9.17, 15) is 9.59 Å². The number of benzene rings is 1. The van der Waals surface area contributed by atoms with E-state index in [-0.39, 0.29) is 17.9 Å². The highest BCUT2D eigenvalue weighted by Crippen LogP contribution is 2.40. The van der Waals surface area contributed by atoms with E-state index in [1.165, 1.54) is 0 Å². The van der Waals surface area contributed by atoms with Crippen LogP contribution in [0.3, 0.4) is 0 Å². The van der Waals surface area contributed by atoms with Crippen LogP contribution in [0.15, 0.2) is 34.9 Å². The van der Waals surface area contributed by atoms with Crippen LogP contribution >= 0.6 is 0 Å². The number of piperidine rings is 2. The summed E-state index contributed by atoms with van der Waals surface area (Å²) in [7, 11) is 0. The number of aryl methyl sites for hydroxylation is 1. The third kappa shape index (κ3) is 3.59. The predicted octanol–water partition coefficient (Wildman–Crippen LogP) is 2.59. The summed E-state index contributed by atoms with van der Waals surface area (Å²) in [6, 6.07) is 9.67. The first kappa shape index (κ1) is 20.1. The van der Waals surface area contributed by atoms with Gasteiger partial charge in [-0.3, -0.25) is 4.79 Å². The van der Waals surface area contributed by atoms with E-state index in [1.807, 2.05) is 35.2 Å². The van der Waals surface area contributed by atoms with Crippen molar-refractivity contribution < 1.29 is 18.8 Å². The van der Waals surface area contributed by atoms with Gasteiger partial charge in [0.05, 0.1) is 6.54 Å². The topological polar surface area (TPSA) is 96.7 Å². The van der Waals surface area contributed by atoms with E-state index in [4.69, 9.17) is 9.26 Å². The number of hydrogen-bond acceptors (Lipinski definition) is 6. The van der Waals surface area contributed by atoms with Crippen molar-refractivity contribution in [3.05, 3.63) is 41.7 Å². The lowest BCUT2D eigenvalue weighted by atomic mass is 9.71. The highest BCUT2D eigenvalue weighted by molar-refractivity contribution is 6.00. The van der Waals surface area contributed by atoms with Crippen LogP contribution in [0.5, 0.6) is 0 Å². The monoisotopic (exact) mass is 424 g/mol. The molecule has 0 radical (unpaired) electrons. The quantitative estimate of drug-likeness (QED) is 0.786. The second-order valence-corrected chi connectivity index (χ2v) is 8.83. The first-order chi connectivity index (χ1) is 15.1. The van der Waals surface area contributed by atoms with Crippen molar-refractivity contribution in [1.29, 1.82) is 0 Å². The molecule has 8 heteroatoms. The molecule has 1 aromatic heterocycles. The average molecular weight is 425 g/mol. The summed E-state index contributed by atoms with van der Waals surface area (Å²) in [5, 5.41) is 10.5. The molecule has 31 heavy (non-hydrogen) atoms. The molecule has 4 heterocycles. The molecule has 3 aliphatic heterocycles. The number of amides is 2. The molecule has 3 aliphatic rings. The number of likely N-dealkylation sites (tertiary alicyclic amines) is 1. The zero-order valence-electron chi connectivity index (χ0n) is 17.7. The molecule has 2 atom stereocenters. The van der Waals surface area contributed by atoms with E-state index in [0.29, 0.717) is 42.6 Å². The Morgan fingerprint density at radius 1 is 1.23 bits per heavy atom. The lowest BCUT2D eigenvalue weighted by Crippen LogP contribution is -2.56. The molecule has 1 spiro atoms. The second-order valence-electron chi connectivity index (χ2n) is 8.83. The summed E-state index contributed by atoms with van der Waals surface area (Å²) in [6.45, 7) is 5.43. The number of carbonyl (C=O) groups is 2. The predicted molar refractivity (Wildman–Crippen MR) is 113 cm³/mol. The molecule has 0 aliphatic carbocycles. The summed E-state index contributed by atoms with van der Waals surface area (Å²) in [6.07, 6.45) is 2.30. The molecule has 5 rings (SSSR count). The fourth-order valence-electron chi connectivity index (χ4n) is 5.43. The minimum Gasteiger partial charge on any atom is -0.441 e. The first-order valence-corrected chi connectivity index (χ1v) is 11.1. The van der Waals surface area contributed by atoms with Crippen molar-refractivity contribution >= 4 is 12.0 Å². The van der Waals surface area contributed by atoms with Crippen LogP contribution in [0.2, 0.25) is 0 Å². The van der Waals surface area contributed by atoms with Crippen molar-refractivity contribution in [2.24, 2.45) is 11.8 Å². The Hall–Kier alpha value is -2.87. The molecular weight excluding hydrogens is 396 g/mol. The molecule has 0 bridgehead atoms. The zero-order chi connectivity index (χ0) is 21.4. The SMILES string of the molecule is Cc1onc(-c2ccccc2)c1C(=O)N1CCC(C2CNCCC23CNC(=O)O3)CC1. The Morgan fingerprint density at radius 3 is 2.71 bits per heavy atom. The van der Waals surface area contributed by atoms with Crippen LogP contribution in [0, 0.1) is 18.8 Å². The van der Waals surface area contributed by atoms with Gasteiger partial charge in [0.1, 0.15) is 22.6 Å².